The number of anilines is 2. The Labute approximate surface area is 277 Å². The number of nitrogens with one attached hydrogen (secondary N) is 1. The molecule has 258 valence electrons. The van der Waals surface area contributed by atoms with Crippen molar-refractivity contribution in [2.75, 3.05) is 72.8 Å². The number of methoxy groups -OCH3 is 1. The SMILES string of the molecule is COc1ccc(-c2cnc3c(Nc4ccc(C(=O)N(C)CCN5CC[N+](C)(C)CC5)c(Cl)c4)nccn23)c(F)c1F.O=C([O-])C(F)(F)F. The van der Waals surface area contributed by atoms with Crippen LogP contribution in [0.2, 0.25) is 5.02 Å². The molecule has 2 aromatic heterocycles. The normalized spacial score (nSPS) is 14.6. The van der Waals surface area contributed by atoms with E-state index in [9.17, 15) is 26.7 Å². The van der Waals surface area contributed by atoms with Crippen LogP contribution in [0.5, 0.6) is 5.75 Å². The van der Waals surface area contributed by atoms with E-state index in [2.05, 4.69) is 34.3 Å². The zero-order valence-corrected chi connectivity index (χ0v) is 27.2. The summed E-state index contributed by atoms with van der Waals surface area (Å²) in [5, 5.41) is 12.3. The number of rotatable bonds is 8. The summed E-state index contributed by atoms with van der Waals surface area (Å²) in [6, 6.07) is 7.87. The van der Waals surface area contributed by atoms with Crippen molar-refractivity contribution < 1.29 is 45.9 Å². The van der Waals surface area contributed by atoms with Gasteiger partial charge in [0.05, 0.1) is 56.8 Å². The van der Waals surface area contributed by atoms with E-state index in [0.717, 1.165) is 37.2 Å². The molecule has 0 spiro atoms. The number of likely N-dealkylation sites (N-methyl/N-ethyl adjacent to an activating group) is 2. The van der Waals surface area contributed by atoms with Gasteiger partial charge in [-0.3, -0.25) is 14.1 Å². The van der Waals surface area contributed by atoms with Crippen LogP contribution in [0.15, 0.2) is 48.9 Å². The molecule has 0 unspecified atom stereocenters. The van der Waals surface area contributed by atoms with E-state index in [1.54, 1.807) is 40.7 Å². The van der Waals surface area contributed by atoms with Crippen LogP contribution in [-0.4, -0.2) is 114 Å². The lowest BCUT2D eigenvalue weighted by molar-refractivity contribution is -0.894. The van der Waals surface area contributed by atoms with Crippen LogP contribution in [0.4, 0.5) is 33.5 Å². The highest BCUT2D eigenvalue weighted by Crippen LogP contribution is 2.32. The van der Waals surface area contributed by atoms with E-state index in [1.807, 2.05) is 0 Å². The summed E-state index contributed by atoms with van der Waals surface area (Å²) in [7, 11) is 7.54. The van der Waals surface area contributed by atoms with Crippen LogP contribution in [0.25, 0.3) is 16.9 Å². The summed E-state index contributed by atoms with van der Waals surface area (Å²) >= 11 is 6.55. The third-order valence-corrected chi connectivity index (χ3v) is 8.12. The average molecular weight is 698 g/mol. The second kappa shape index (κ2) is 14.7. The lowest BCUT2D eigenvalue weighted by atomic mass is 10.1. The third kappa shape index (κ3) is 8.48. The maximum Gasteiger partial charge on any atom is 0.430 e. The molecule has 1 amide bonds. The molecule has 4 aromatic rings. The number of hydrogen-bond acceptors (Lipinski definition) is 8. The number of imidazole rings is 1. The minimum Gasteiger partial charge on any atom is -0.542 e. The number of carboxylic acids is 1. The molecule has 1 aliphatic rings. The van der Waals surface area contributed by atoms with E-state index in [-0.39, 0.29) is 17.2 Å². The molecule has 5 rings (SSSR count). The number of aromatic nitrogens is 3. The molecule has 1 aliphatic heterocycles. The molecular formula is C31H33ClF5N7O4. The molecule has 0 bridgehead atoms. The van der Waals surface area contributed by atoms with E-state index in [0.29, 0.717) is 40.0 Å². The molecule has 2 aromatic carbocycles. The summed E-state index contributed by atoms with van der Waals surface area (Å²) in [6.45, 7) is 5.64. The number of fused-ring (bicyclic) bond motifs is 1. The topological polar surface area (TPSA) is 115 Å². The van der Waals surface area contributed by atoms with Gasteiger partial charge in [-0.05, 0) is 30.3 Å². The maximum absolute atomic E-state index is 14.8. The van der Waals surface area contributed by atoms with Gasteiger partial charge in [-0.15, -0.1) is 0 Å². The largest absolute Gasteiger partial charge is 0.542 e. The van der Waals surface area contributed by atoms with Crippen molar-refractivity contribution >= 4 is 40.6 Å². The number of carbonyl (C=O) groups excluding carboxylic acids is 2. The highest BCUT2D eigenvalue weighted by Gasteiger charge is 2.29. The first-order valence-corrected chi connectivity index (χ1v) is 14.9. The minimum absolute atomic E-state index is 0.0336. The first kappa shape index (κ1) is 36.3. The van der Waals surface area contributed by atoms with Gasteiger partial charge >= 0.3 is 6.18 Å². The molecule has 17 heteroatoms. The van der Waals surface area contributed by atoms with Crippen LogP contribution >= 0.6 is 11.6 Å². The second-order valence-corrected chi connectivity index (χ2v) is 12.0. The number of piperazine rings is 1. The van der Waals surface area contributed by atoms with Crippen LogP contribution in [-0.2, 0) is 4.79 Å². The highest BCUT2D eigenvalue weighted by atomic mass is 35.5. The molecule has 3 heterocycles. The Morgan fingerprint density at radius 2 is 1.77 bits per heavy atom. The number of quaternary nitrogens is 1. The van der Waals surface area contributed by atoms with E-state index >= 15 is 0 Å². The fourth-order valence-corrected chi connectivity index (χ4v) is 5.13. The van der Waals surface area contributed by atoms with E-state index < -0.39 is 23.8 Å². The summed E-state index contributed by atoms with van der Waals surface area (Å²) in [5.41, 5.74) is 1.77. The van der Waals surface area contributed by atoms with Crippen molar-refractivity contribution in [1.82, 2.24) is 24.2 Å². The first-order chi connectivity index (χ1) is 22.5. The number of ether oxygens (including phenoxy) is 1. The molecule has 0 saturated carbocycles. The van der Waals surface area contributed by atoms with Crippen LogP contribution in [0, 0.1) is 11.6 Å². The Morgan fingerprint density at radius 1 is 1.10 bits per heavy atom. The van der Waals surface area contributed by atoms with Crippen LogP contribution in [0.3, 0.4) is 0 Å². The molecule has 1 fully saturated rings. The zero-order valence-electron chi connectivity index (χ0n) is 26.4. The quantitative estimate of drug-likeness (QED) is 0.218. The van der Waals surface area contributed by atoms with Gasteiger partial charge in [0.15, 0.2) is 23.0 Å². The summed E-state index contributed by atoms with van der Waals surface area (Å²) < 4.78 is 68.2. The number of nitrogens with zero attached hydrogens (tertiary/aromatic N) is 6. The van der Waals surface area contributed by atoms with Gasteiger partial charge in [0.2, 0.25) is 5.82 Å². The van der Waals surface area contributed by atoms with E-state index in [4.69, 9.17) is 26.2 Å². The Bertz CT molecular complexity index is 1790. The number of amides is 1. The monoisotopic (exact) mass is 697 g/mol. The van der Waals surface area contributed by atoms with Gasteiger partial charge in [-0.2, -0.15) is 17.6 Å². The van der Waals surface area contributed by atoms with Crippen LogP contribution in [0.1, 0.15) is 10.4 Å². The van der Waals surface area contributed by atoms with Crippen molar-refractivity contribution in [3.05, 3.63) is 71.1 Å². The van der Waals surface area contributed by atoms with Crippen molar-refractivity contribution in [3.63, 3.8) is 0 Å². The molecule has 11 nitrogen and oxygen atoms in total. The lowest BCUT2D eigenvalue weighted by Gasteiger charge is -2.39. The minimum atomic E-state index is -5.19. The number of carboxylic acid groups (broad SMARTS) is 1. The maximum atomic E-state index is 14.8. The summed E-state index contributed by atoms with van der Waals surface area (Å²) in [5.74, 6) is -5.07. The predicted octanol–water partition coefficient (Wildman–Crippen LogP) is 3.84. The molecule has 48 heavy (non-hydrogen) atoms. The van der Waals surface area contributed by atoms with Crippen molar-refractivity contribution in [3.8, 4) is 17.0 Å². The highest BCUT2D eigenvalue weighted by molar-refractivity contribution is 6.34. The standard InChI is InChI=1S/C29H32ClF2N7O2.C2HF3O2/c1-36(11-12-37-13-15-39(2,3)16-14-37)29(40)20-6-5-19(17-22(20)30)35-27-28-34-18-23(38(28)10-9-33-27)21-7-8-24(41-4)26(32)25(21)31;3-2(4,5)1(6)7/h5-10,17-18H,11-16H2,1-4H3;(H,6,7). The Balaban J connectivity index is 0.000000671. The Morgan fingerprint density at radius 3 is 2.38 bits per heavy atom. The third-order valence-electron chi connectivity index (χ3n) is 7.81. The molecule has 1 saturated heterocycles. The lowest BCUT2D eigenvalue weighted by Crippen LogP contribution is -2.55. The number of alkyl halides is 3. The van der Waals surface area contributed by atoms with Crippen molar-refractivity contribution in [1.29, 1.82) is 0 Å². The fraction of sp³-hybridized carbons (Fsp3) is 0.355. The molecule has 0 aliphatic carbocycles. The van der Waals surface area contributed by atoms with E-state index in [1.165, 1.54) is 31.6 Å². The van der Waals surface area contributed by atoms with Crippen molar-refractivity contribution in [2.45, 2.75) is 6.18 Å². The van der Waals surface area contributed by atoms with Gasteiger partial charge in [-0.25, -0.2) is 14.4 Å². The molecular weight excluding hydrogens is 665 g/mol. The second-order valence-electron chi connectivity index (χ2n) is 11.6. The predicted molar refractivity (Wildman–Crippen MR) is 166 cm³/mol. The number of halogens is 6. The number of benzene rings is 2. The van der Waals surface area contributed by atoms with Gasteiger partial charge in [0.25, 0.3) is 5.91 Å². The number of hydrogen-bond donors (Lipinski definition) is 1. The number of carbonyl (C=O) groups is 2. The molecule has 1 N–H and O–H groups in total. The van der Waals surface area contributed by atoms with Gasteiger partial charge in [0, 0.05) is 56.9 Å². The summed E-state index contributed by atoms with van der Waals surface area (Å²) in [6.07, 6.45) is -0.616. The molecule has 0 atom stereocenters. The average Bonchev–Trinajstić information content (AvgIpc) is 3.46. The first-order valence-electron chi connectivity index (χ1n) is 14.5. The fourth-order valence-electron chi connectivity index (χ4n) is 4.87. The van der Waals surface area contributed by atoms with Gasteiger partial charge in [-0.1, -0.05) is 11.6 Å². The van der Waals surface area contributed by atoms with Crippen LogP contribution < -0.4 is 15.2 Å². The Kier molecular flexibility index (Phi) is 11.1. The smallest absolute Gasteiger partial charge is 0.430 e. The number of aliphatic carboxylic acids is 1. The zero-order chi connectivity index (χ0) is 35.4. The van der Waals surface area contributed by atoms with Gasteiger partial charge in [0.1, 0.15) is 5.97 Å². The van der Waals surface area contributed by atoms with Crippen molar-refractivity contribution in [2.24, 2.45) is 0 Å². The Hall–Kier alpha value is -4.54. The summed E-state index contributed by atoms with van der Waals surface area (Å²) in [4.78, 5) is 34.7. The molecule has 0 radical (unpaired) electrons. The van der Waals surface area contributed by atoms with Gasteiger partial charge < -0.3 is 29.3 Å².